The van der Waals surface area contributed by atoms with Crippen molar-refractivity contribution in [3.63, 3.8) is 0 Å². The number of carbonyl (C=O) groups is 1. The number of hydrogen-bond acceptors (Lipinski definition) is 4. The quantitative estimate of drug-likeness (QED) is 0.714. The number of carbonyl (C=O) groups excluding carboxylic acids is 1. The van der Waals surface area contributed by atoms with Crippen LogP contribution in [-0.2, 0) is 17.8 Å². The van der Waals surface area contributed by atoms with Crippen molar-refractivity contribution in [3.05, 3.63) is 41.5 Å². The van der Waals surface area contributed by atoms with Gasteiger partial charge >= 0.3 is 0 Å². The lowest BCUT2D eigenvalue weighted by atomic mass is 9.94. The molecule has 1 aromatic rings. The summed E-state index contributed by atoms with van der Waals surface area (Å²) >= 11 is 0. The average molecular weight is 343 g/mol. The van der Waals surface area contributed by atoms with Crippen LogP contribution in [0.5, 0.6) is 5.75 Å². The fourth-order valence-corrected chi connectivity index (χ4v) is 3.53. The van der Waals surface area contributed by atoms with Gasteiger partial charge in [0, 0.05) is 32.2 Å². The largest absolute Gasteiger partial charge is 0.508 e. The molecule has 1 aromatic carbocycles. The van der Waals surface area contributed by atoms with Gasteiger partial charge in [-0.2, -0.15) is 0 Å². The standard InChI is InChI=1S/C20H29N3O2/c1-14(2)19(13-23-8-4-3-5-9-23)22-20(25)18-11-15-6-7-17(24)10-16(15)12-21-18/h3-4,6-7,10,14,18-19,21,24H,5,8-9,11-13H2,1-2H3,(H,22,25)/t18-,19?/m1/s1. The third-order valence-corrected chi connectivity index (χ3v) is 5.20. The lowest BCUT2D eigenvalue weighted by Gasteiger charge is -2.33. The van der Waals surface area contributed by atoms with Crippen molar-refractivity contribution in [2.75, 3.05) is 19.6 Å². The van der Waals surface area contributed by atoms with Crippen molar-refractivity contribution in [1.29, 1.82) is 0 Å². The summed E-state index contributed by atoms with van der Waals surface area (Å²) in [6, 6.07) is 5.34. The Bertz CT molecular complexity index is 642. The maximum absolute atomic E-state index is 12.8. The Kier molecular flexibility index (Phi) is 5.76. The molecule has 0 saturated heterocycles. The summed E-state index contributed by atoms with van der Waals surface area (Å²) < 4.78 is 0. The lowest BCUT2D eigenvalue weighted by Crippen LogP contribution is -2.54. The topological polar surface area (TPSA) is 64.6 Å². The molecule has 1 amide bonds. The zero-order valence-electron chi connectivity index (χ0n) is 15.2. The number of rotatable bonds is 5. The lowest BCUT2D eigenvalue weighted by molar-refractivity contribution is -0.124. The Labute approximate surface area is 150 Å². The maximum Gasteiger partial charge on any atom is 0.237 e. The van der Waals surface area contributed by atoms with Gasteiger partial charge in [-0.15, -0.1) is 0 Å². The number of phenolic OH excluding ortho intramolecular Hbond substituents is 1. The maximum atomic E-state index is 12.8. The van der Waals surface area contributed by atoms with Crippen LogP contribution in [-0.4, -0.2) is 47.6 Å². The normalized spacial score (nSPS) is 21.8. The summed E-state index contributed by atoms with van der Waals surface area (Å²) in [6.45, 7) is 7.87. The zero-order valence-corrected chi connectivity index (χ0v) is 15.2. The number of aromatic hydroxyl groups is 1. The van der Waals surface area contributed by atoms with E-state index in [0.717, 1.165) is 37.2 Å². The Morgan fingerprint density at radius 2 is 2.20 bits per heavy atom. The fourth-order valence-electron chi connectivity index (χ4n) is 3.53. The van der Waals surface area contributed by atoms with Gasteiger partial charge in [-0.25, -0.2) is 0 Å². The molecule has 2 aliphatic heterocycles. The van der Waals surface area contributed by atoms with Gasteiger partial charge in [-0.3, -0.25) is 9.69 Å². The van der Waals surface area contributed by atoms with Gasteiger partial charge in [0.1, 0.15) is 5.75 Å². The highest BCUT2D eigenvalue weighted by Gasteiger charge is 2.27. The van der Waals surface area contributed by atoms with E-state index in [9.17, 15) is 9.90 Å². The third kappa shape index (κ3) is 4.61. The van der Waals surface area contributed by atoms with Crippen LogP contribution in [0.3, 0.4) is 0 Å². The molecule has 25 heavy (non-hydrogen) atoms. The van der Waals surface area contributed by atoms with E-state index in [2.05, 4.69) is 41.5 Å². The molecular weight excluding hydrogens is 314 g/mol. The highest BCUT2D eigenvalue weighted by molar-refractivity contribution is 5.82. The van der Waals surface area contributed by atoms with Gasteiger partial charge in [0.15, 0.2) is 0 Å². The predicted molar refractivity (Wildman–Crippen MR) is 99.4 cm³/mol. The smallest absolute Gasteiger partial charge is 0.237 e. The molecule has 1 unspecified atom stereocenters. The van der Waals surface area contributed by atoms with Gasteiger partial charge < -0.3 is 15.7 Å². The molecule has 2 aliphatic rings. The Morgan fingerprint density at radius 1 is 1.36 bits per heavy atom. The molecule has 2 atom stereocenters. The van der Waals surface area contributed by atoms with E-state index in [4.69, 9.17) is 0 Å². The highest BCUT2D eigenvalue weighted by Crippen LogP contribution is 2.21. The van der Waals surface area contributed by atoms with Crippen LogP contribution in [0.4, 0.5) is 0 Å². The number of fused-ring (bicyclic) bond motifs is 1. The summed E-state index contributed by atoms with van der Waals surface area (Å²) in [7, 11) is 0. The summed E-state index contributed by atoms with van der Waals surface area (Å²) in [6.07, 6.45) is 6.18. The van der Waals surface area contributed by atoms with Crippen molar-refractivity contribution in [2.24, 2.45) is 5.92 Å². The number of nitrogens with zero attached hydrogens (tertiary/aromatic N) is 1. The minimum Gasteiger partial charge on any atom is -0.508 e. The first kappa shape index (κ1) is 18.0. The van der Waals surface area contributed by atoms with E-state index < -0.39 is 0 Å². The van der Waals surface area contributed by atoms with Crippen LogP contribution < -0.4 is 10.6 Å². The number of amides is 1. The van der Waals surface area contributed by atoms with Crippen molar-refractivity contribution in [2.45, 2.75) is 45.3 Å². The number of phenols is 1. The second kappa shape index (κ2) is 8.02. The third-order valence-electron chi connectivity index (χ3n) is 5.20. The highest BCUT2D eigenvalue weighted by atomic mass is 16.3. The summed E-state index contributed by atoms with van der Waals surface area (Å²) in [5.74, 6) is 0.742. The van der Waals surface area contributed by atoms with Gasteiger partial charge in [0.2, 0.25) is 5.91 Å². The molecule has 5 heteroatoms. The second-order valence-electron chi connectivity index (χ2n) is 7.47. The van der Waals surface area contributed by atoms with E-state index in [1.54, 1.807) is 12.1 Å². The monoisotopic (exact) mass is 343 g/mol. The van der Waals surface area contributed by atoms with E-state index in [1.807, 2.05) is 6.07 Å². The molecule has 0 aliphatic carbocycles. The van der Waals surface area contributed by atoms with Crippen LogP contribution >= 0.6 is 0 Å². The predicted octanol–water partition coefficient (Wildman–Crippen LogP) is 1.81. The summed E-state index contributed by atoms with van der Waals surface area (Å²) in [5.41, 5.74) is 2.21. The van der Waals surface area contributed by atoms with Gasteiger partial charge in [0.05, 0.1) is 6.04 Å². The number of nitrogens with one attached hydrogen (secondary N) is 2. The molecule has 0 bridgehead atoms. The molecule has 2 heterocycles. The number of hydrogen-bond donors (Lipinski definition) is 3. The van der Waals surface area contributed by atoms with Crippen LogP contribution in [0.25, 0.3) is 0 Å². The summed E-state index contributed by atoms with van der Waals surface area (Å²) in [5, 5.41) is 16.1. The molecule has 136 valence electrons. The Balaban J connectivity index is 1.59. The molecule has 0 aromatic heterocycles. The van der Waals surface area contributed by atoms with Gasteiger partial charge in [-0.05, 0) is 42.0 Å². The minimum absolute atomic E-state index is 0.0741. The molecule has 0 radical (unpaired) electrons. The second-order valence-corrected chi connectivity index (χ2v) is 7.47. The first-order chi connectivity index (χ1) is 12.0. The van der Waals surface area contributed by atoms with E-state index in [0.29, 0.717) is 18.9 Å². The zero-order chi connectivity index (χ0) is 17.8. The number of benzene rings is 1. The molecule has 3 rings (SSSR count). The van der Waals surface area contributed by atoms with Crippen molar-refractivity contribution >= 4 is 5.91 Å². The van der Waals surface area contributed by atoms with Crippen LogP contribution in [0.1, 0.15) is 31.4 Å². The molecule has 3 N–H and O–H groups in total. The molecule has 0 spiro atoms. The van der Waals surface area contributed by atoms with E-state index >= 15 is 0 Å². The van der Waals surface area contributed by atoms with E-state index in [-0.39, 0.29) is 23.7 Å². The van der Waals surface area contributed by atoms with Crippen LogP contribution in [0.2, 0.25) is 0 Å². The first-order valence-electron chi connectivity index (χ1n) is 9.25. The van der Waals surface area contributed by atoms with Crippen LogP contribution in [0, 0.1) is 5.92 Å². The molecular formula is C20H29N3O2. The average Bonchev–Trinajstić information content (AvgIpc) is 2.61. The van der Waals surface area contributed by atoms with Gasteiger partial charge in [0.25, 0.3) is 0 Å². The van der Waals surface area contributed by atoms with E-state index in [1.165, 1.54) is 0 Å². The summed E-state index contributed by atoms with van der Waals surface area (Å²) in [4.78, 5) is 15.2. The Hall–Kier alpha value is -1.85. The SMILES string of the molecule is CC(C)C(CN1CC=CCC1)NC(=O)[C@H]1Cc2ccc(O)cc2CN1. The Morgan fingerprint density at radius 3 is 2.92 bits per heavy atom. The minimum atomic E-state index is -0.209. The van der Waals surface area contributed by atoms with Crippen molar-refractivity contribution in [3.8, 4) is 5.75 Å². The molecule has 0 saturated carbocycles. The fraction of sp³-hybridized carbons (Fsp3) is 0.550. The van der Waals surface area contributed by atoms with Gasteiger partial charge in [-0.1, -0.05) is 32.1 Å². The molecule has 0 fully saturated rings. The molecule has 5 nitrogen and oxygen atoms in total. The first-order valence-corrected chi connectivity index (χ1v) is 9.25. The van der Waals surface area contributed by atoms with Crippen LogP contribution in [0.15, 0.2) is 30.4 Å². The van der Waals surface area contributed by atoms with Crippen molar-refractivity contribution < 1.29 is 9.90 Å². The van der Waals surface area contributed by atoms with Crippen molar-refractivity contribution in [1.82, 2.24) is 15.5 Å².